The lowest BCUT2D eigenvalue weighted by molar-refractivity contribution is 0.0927. The number of furan rings is 1. The Bertz CT molecular complexity index is 578. The van der Waals surface area contributed by atoms with E-state index in [-0.39, 0.29) is 5.91 Å². The molecule has 1 N–H and O–H groups in total. The van der Waals surface area contributed by atoms with Crippen LogP contribution in [0, 0.1) is 0 Å². The molecule has 19 heavy (non-hydrogen) atoms. The summed E-state index contributed by atoms with van der Waals surface area (Å²) in [5.41, 5.74) is 0.669. The van der Waals surface area contributed by atoms with Crippen molar-refractivity contribution < 1.29 is 9.21 Å². The van der Waals surface area contributed by atoms with E-state index in [4.69, 9.17) is 16.0 Å². The molecule has 0 atom stereocenters. The van der Waals surface area contributed by atoms with Crippen molar-refractivity contribution in [1.29, 1.82) is 0 Å². The number of halogens is 1. The Morgan fingerprint density at radius 2 is 2.16 bits per heavy atom. The molecule has 0 saturated carbocycles. The second-order valence-electron chi connectivity index (χ2n) is 4.71. The SMILES string of the molecule is CN(C)CCCNC(=O)c1cc2cc(Cl)ccc2o1. The smallest absolute Gasteiger partial charge is 0.287 e. The molecule has 0 radical (unpaired) electrons. The average Bonchev–Trinajstić information content (AvgIpc) is 2.77. The number of rotatable bonds is 5. The first kappa shape index (κ1) is 13.9. The molecule has 0 aliphatic rings. The number of benzene rings is 1. The van der Waals surface area contributed by atoms with E-state index < -0.39 is 0 Å². The fourth-order valence-corrected chi connectivity index (χ4v) is 1.99. The Hall–Kier alpha value is -1.52. The zero-order chi connectivity index (χ0) is 13.8. The molecule has 1 aromatic carbocycles. The average molecular weight is 281 g/mol. The standard InChI is InChI=1S/C14H17ClN2O2/c1-17(2)7-3-6-16-14(18)13-9-10-8-11(15)4-5-12(10)19-13/h4-5,8-9H,3,6-7H2,1-2H3,(H,16,18). The molecular weight excluding hydrogens is 264 g/mol. The summed E-state index contributed by atoms with van der Waals surface area (Å²) in [6.45, 7) is 1.57. The van der Waals surface area contributed by atoms with Crippen LogP contribution in [-0.4, -0.2) is 38.0 Å². The number of carbonyl (C=O) groups is 1. The van der Waals surface area contributed by atoms with Crippen LogP contribution in [0.5, 0.6) is 0 Å². The second kappa shape index (κ2) is 6.08. The first-order valence-corrected chi connectivity index (χ1v) is 6.56. The maximum absolute atomic E-state index is 11.9. The Labute approximate surface area is 117 Å². The highest BCUT2D eigenvalue weighted by Crippen LogP contribution is 2.22. The quantitative estimate of drug-likeness (QED) is 0.857. The third-order valence-electron chi connectivity index (χ3n) is 2.77. The second-order valence-corrected chi connectivity index (χ2v) is 5.14. The molecule has 1 heterocycles. The number of fused-ring (bicyclic) bond motifs is 1. The predicted molar refractivity (Wildman–Crippen MR) is 76.7 cm³/mol. The van der Waals surface area contributed by atoms with Crippen LogP contribution in [0.15, 0.2) is 28.7 Å². The maximum Gasteiger partial charge on any atom is 0.287 e. The van der Waals surface area contributed by atoms with Gasteiger partial charge in [-0.05, 0) is 51.3 Å². The van der Waals surface area contributed by atoms with Crippen molar-refractivity contribution >= 4 is 28.5 Å². The van der Waals surface area contributed by atoms with Crippen LogP contribution in [0.3, 0.4) is 0 Å². The number of hydrogen-bond donors (Lipinski definition) is 1. The molecule has 2 rings (SSSR count). The van der Waals surface area contributed by atoms with E-state index in [0.717, 1.165) is 18.4 Å². The maximum atomic E-state index is 11.9. The van der Waals surface area contributed by atoms with Crippen LogP contribution in [-0.2, 0) is 0 Å². The summed E-state index contributed by atoms with van der Waals surface area (Å²) >= 11 is 5.89. The molecule has 1 aromatic heterocycles. The van der Waals surface area contributed by atoms with Gasteiger partial charge in [0.25, 0.3) is 5.91 Å². The largest absolute Gasteiger partial charge is 0.451 e. The van der Waals surface area contributed by atoms with Gasteiger partial charge in [0.15, 0.2) is 5.76 Å². The highest BCUT2D eigenvalue weighted by molar-refractivity contribution is 6.31. The summed E-state index contributed by atoms with van der Waals surface area (Å²) in [6.07, 6.45) is 0.908. The number of amides is 1. The number of nitrogens with zero attached hydrogens (tertiary/aromatic N) is 1. The lowest BCUT2D eigenvalue weighted by Crippen LogP contribution is -2.26. The van der Waals surface area contributed by atoms with Crippen LogP contribution < -0.4 is 5.32 Å². The summed E-state index contributed by atoms with van der Waals surface area (Å²) in [7, 11) is 4.01. The van der Waals surface area contributed by atoms with Gasteiger partial charge in [0.05, 0.1) is 0 Å². The Balaban J connectivity index is 1.97. The first-order valence-electron chi connectivity index (χ1n) is 6.18. The summed E-state index contributed by atoms with van der Waals surface area (Å²) in [4.78, 5) is 14.0. The van der Waals surface area contributed by atoms with Crippen molar-refractivity contribution in [2.24, 2.45) is 0 Å². The Morgan fingerprint density at radius 3 is 2.89 bits per heavy atom. The summed E-state index contributed by atoms with van der Waals surface area (Å²) < 4.78 is 5.48. The van der Waals surface area contributed by atoms with Gasteiger partial charge in [0.2, 0.25) is 0 Å². The summed E-state index contributed by atoms with van der Waals surface area (Å²) in [6, 6.07) is 7.00. The Morgan fingerprint density at radius 1 is 1.37 bits per heavy atom. The van der Waals surface area contributed by atoms with Crippen molar-refractivity contribution in [2.45, 2.75) is 6.42 Å². The van der Waals surface area contributed by atoms with Gasteiger partial charge >= 0.3 is 0 Å². The summed E-state index contributed by atoms with van der Waals surface area (Å²) in [5.74, 6) is 0.133. The van der Waals surface area contributed by atoms with E-state index in [1.165, 1.54) is 0 Å². The summed E-state index contributed by atoms with van der Waals surface area (Å²) in [5, 5.41) is 4.31. The third kappa shape index (κ3) is 3.72. The van der Waals surface area contributed by atoms with Crippen LogP contribution >= 0.6 is 11.6 Å². The zero-order valence-electron chi connectivity index (χ0n) is 11.1. The van der Waals surface area contributed by atoms with Crippen molar-refractivity contribution in [3.05, 3.63) is 35.0 Å². The minimum Gasteiger partial charge on any atom is -0.451 e. The monoisotopic (exact) mass is 280 g/mol. The first-order chi connectivity index (χ1) is 9.06. The minimum atomic E-state index is -0.189. The van der Waals surface area contributed by atoms with E-state index >= 15 is 0 Å². The lowest BCUT2D eigenvalue weighted by Gasteiger charge is -2.08. The minimum absolute atomic E-state index is 0.189. The van der Waals surface area contributed by atoms with E-state index in [2.05, 4.69) is 10.2 Å². The topological polar surface area (TPSA) is 45.5 Å². The molecule has 0 aliphatic heterocycles. The molecular formula is C14H17ClN2O2. The van der Waals surface area contributed by atoms with Crippen LogP contribution in [0.1, 0.15) is 17.0 Å². The van der Waals surface area contributed by atoms with Gasteiger partial charge in [-0.15, -0.1) is 0 Å². The molecule has 0 bridgehead atoms. The molecule has 1 amide bonds. The van der Waals surface area contributed by atoms with Gasteiger partial charge in [-0.1, -0.05) is 11.6 Å². The Kier molecular flexibility index (Phi) is 4.45. The number of carbonyl (C=O) groups excluding carboxylic acids is 1. The molecule has 2 aromatic rings. The molecule has 5 heteroatoms. The van der Waals surface area contributed by atoms with Gasteiger partial charge < -0.3 is 14.6 Å². The van der Waals surface area contributed by atoms with Crippen molar-refractivity contribution in [3.8, 4) is 0 Å². The van der Waals surface area contributed by atoms with Crippen molar-refractivity contribution in [3.63, 3.8) is 0 Å². The number of hydrogen-bond acceptors (Lipinski definition) is 3. The third-order valence-corrected chi connectivity index (χ3v) is 3.00. The number of nitrogens with one attached hydrogen (secondary N) is 1. The van der Waals surface area contributed by atoms with Crippen LogP contribution in [0.4, 0.5) is 0 Å². The highest BCUT2D eigenvalue weighted by Gasteiger charge is 2.11. The van der Waals surface area contributed by atoms with Crippen LogP contribution in [0.25, 0.3) is 11.0 Å². The highest BCUT2D eigenvalue weighted by atomic mass is 35.5. The van der Waals surface area contributed by atoms with Gasteiger partial charge in [-0.3, -0.25) is 4.79 Å². The molecule has 4 nitrogen and oxygen atoms in total. The lowest BCUT2D eigenvalue weighted by atomic mass is 10.2. The van der Waals surface area contributed by atoms with Gasteiger partial charge in [-0.2, -0.15) is 0 Å². The normalized spacial score (nSPS) is 11.2. The fourth-order valence-electron chi connectivity index (χ4n) is 1.81. The van der Waals surface area contributed by atoms with Gasteiger partial charge in [0.1, 0.15) is 5.58 Å². The molecule has 102 valence electrons. The van der Waals surface area contributed by atoms with E-state index in [1.807, 2.05) is 14.1 Å². The molecule has 0 saturated heterocycles. The molecule has 0 fully saturated rings. The van der Waals surface area contributed by atoms with E-state index in [9.17, 15) is 4.79 Å². The molecule has 0 aliphatic carbocycles. The van der Waals surface area contributed by atoms with Crippen LogP contribution in [0.2, 0.25) is 5.02 Å². The molecule has 0 spiro atoms. The molecule has 0 unspecified atom stereocenters. The fraction of sp³-hybridized carbons (Fsp3) is 0.357. The van der Waals surface area contributed by atoms with E-state index in [0.29, 0.717) is 22.9 Å². The van der Waals surface area contributed by atoms with Gasteiger partial charge in [-0.25, -0.2) is 0 Å². The van der Waals surface area contributed by atoms with Gasteiger partial charge in [0, 0.05) is 17.0 Å². The zero-order valence-corrected chi connectivity index (χ0v) is 11.8. The van der Waals surface area contributed by atoms with Crippen molar-refractivity contribution in [1.82, 2.24) is 10.2 Å². The van der Waals surface area contributed by atoms with E-state index in [1.54, 1.807) is 24.3 Å². The van der Waals surface area contributed by atoms with Crippen molar-refractivity contribution in [2.75, 3.05) is 27.2 Å². The predicted octanol–water partition coefficient (Wildman–Crippen LogP) is 2.77.